The van der Waals surface area contributed by atoms with Gasteiger partial charge in [-0.3, -0.25) is 9.78 Å². The van der Waals surface area contributed by atoms with E-state index in [0.29, 0.717) is 24.6 Å². The zero-order valence-electron chi connectivity index (χ0n) is 22.3. The van der Waals surface area contributed by atoms with Crippen molar-refractivity contribution >= 4 is 29.2 Å². The third kappa shape index (κ3) is 5.36. The molecule has 1 aliphatic carbocycles. The molecule has 2 aromatic carbocycles. The van der Waals surface area contributed by atoms with Crippen LogP contribution in [0.15, 0.2) is 77.8 Å². The Labute approximate surface area is 233 Å². The Morgan fingerprint density at radius 1 is 1.05 bits per heavy atom. The molecule has 0 saturated heterocycles. The molecule has 198 valence electrons. The third-order valence-electron chi connectivity index (χ3n) is 7.64. The lowest BCUT2D eigenvalue weighted by atomic mass is 9.82. The van der Waals surface area contributed by atoms with Gasteiger partial charge in [0.15, 0.2) is 11.6 Å². The van der Waals surface area contributed by atoms with Crippen molar-refractivity contribution in [3.8, 4) is 16.9 Å². The molecular formula is C32H32N4O2S. The second kappa shape index (κ2) is 11.1. The van der Waals surface area contributed by atoms with E-state index in [1.165, 1.54) is 30.5 Å². The zero-order valence-corrected chi connectivity index (χ0v) is 23.1. The number of pyridine rings is 2. The minimum atomic E-state index is -0.0956. The van der Waals surface area contributed by atoms with Gasteiger partial charge in [0, 0.05) is 34.0 Å². The van der Waals surface area contributed by atoms with Crippen molar-refractivity contribution in [3.63, 3.8) is 0 Å². The predicted molar refractivity (Wildman–Crippen MR) is 157 cm³/mol. The number of carbonyl (C=O) groups excluding carboxylic acids is 1. The number of aromatic nitrogens is 2. The number of nitrogens with zero attached hydrogens (tertiary/aromatic N) is 3. The maximum atomic E-state index is 12.7. The Balaban J connectivity index is 1.16. The number of hydrogen-bond acceptors (Lipinski definition) is 6. The maximum Gasteiger partial charge on any atom is 0.251 e. The van der Waals surface area contributed by atoms with Gasteiger partial charge in [-0.1, -0.05) is 24.6 Å². The third-order valence-corrected chi connectivity index (χ3v) is 8.52. The van der Waals surface area contributed by atoms with Crippen molar-refractivity contribution in [2.24, 2.45) is 0 Å². The Hall–Kier alpha value is -3.84. The van der Waals surface area contributed by atoms with Gasteiger partial charge in [-0.05, 0) is 91.2 Å². The summed E-state index contributed by atoms with van der Waals surface area (Å²) in [5.41, 5.74) is 7.09. The van der Waals surface area contributed by atoms with E-state index in [9.17, 15) is 4.79 Å². The zero-order chi connectivity index (χ0) is 26.8. The minimum Gasteiger partial charge on any atom is -0.488 e. The maximum absolute atomic E-state index is 12.7. The molecule has 1 aliphatic heterocycles. The molecule has 1 saturated carbocycles. The Kier molecular flexibility index (Phi) is 7.24. The van der Waals surface area contributed by atoms with Gasteiger partial charge in [-0.15, -0.1) is 11.8 Å². The largest absolute Gasteiger partial charge is 0.488 e. The minimum absolute atomic E-state index is 0.0956. The highest BCUT2D eigenvalue weighted by Gasteiger charge is 2.26. The highest BCUT2D eigenvalue weighted by Crippen LogP contribution is 2.40. The number of amides is 1. The molecule has 0 spiro atoms. The van der Waals surface area contributed by atoms with E-state index < -0.39 is 0 Å². The smallest absolute Gasteiger partial charge is 0.251 e. The number of benzene rings is 2. The monoisotopic (exact) mass is 536 g/mol. The summed E-state index contributed by atoms with van der Waals surface area (Å²) in [5.74, 6) is 2.25. The van der Waals surface area contributed by atoms with Crippen LogP contribution in [-0.4, -0.2) is 35.3 Å². The lowest BCUT2D eigenvalue weighted by molar-refractivity contribution is 0.0950. The molecule has 1 amide bonds. The van der Waals surface area contributed by atoms with Crippen molar-refractivity contribution in [2.75, 3.05) is 24.3 Å². The quantitative estimate of drug-likeness (QED) is 0.259. The van der Waals surface area contributed by atoms with Crippen molar-refractivity contribution in [1.29, 1.82) is 0 Å². The van der Waals surface area contributed by atoms with Crippen molar-refractivity contribution in [1.82, 2.24) is 15.3 Å². The second-order valence-electron chi connectivity index (χ2n) is 10.1. The van der Waals surface area contributed by atoms with Gasteiger partial charge in [-0.25, -0.2) is 4.98 Å². The highest BCUT2D eigenvalue weighted by atomic mass is 32.2. The first-order valence-corrected chi connectivity index (χ1v) is 14.7. The summed E-state index contributed by atoms with van der Waals surface area (Å²) in [6.45, 7) is 3.83. The lowest BCUT2D eigenvalue weighted by Crippen LogP contribution is -2.30. The SMILES string of the molecule is CSc1cc(C(=O)NCc2cc(-c3ccc(N4CCOc5ccc(C6CCC6)nc54)cc3)ccn2)ccc1C. The summed E-state index contributed by atoms with van der Waals surface area (Å²) < 4.78 is 5.91. The van der Waals surface area contributed by atoms with Gasteiger partial charge in [0.25, 0.3) is 5.91 Å². The Morgan fingerprint density at radius 2 is 1.90 bits per heavy atom. The molecule has 0 radical (unpaired) electrons. The van der Waals surface area contributed by atoms with Crippen molar-refractivity contribution in [2.45, 2.75) is 43.5 Å². The van der Waals surface area contributed by atoms with E-state index in [1.807, 2.05) is 36.6 Å². The summed E-state index contributed by atoms with van der Waals surface area (Å²) >= 11 is 1.65. The van der Waals surface area contributed by atoms with Crippen LogP contribution in [0.3, 0.4) is 0 Å². The van der Waals surface area contributed by atoms with E-state index >= 15 is 0 Å². The molecule has 6 nitrogen and oxygen atoms in total. The van der Waals surface area contributed by atoms with Crippen LogP contribution in [0.25, 0.3) is 11.1 Å². The summed E-state index contributed by atoms with van der Waals surface area (Å²) in [7, 11) is 0. The molecule has 6 rings (SSSR count). The predicted octanol–water partition coefficient (Wildman–Crippen LogP) is 6.90. The Morgan fingerprint density at radius 3 is 2.67 bits per heavy atom. The van der Waals surface area contributed by atoms with Gasteiger partial charge < -0.3 is 15.0 Å². The fourth-order valence-electron chi connectivity index (χ4n) is 5.11. The molecule has 2 aliphatic rings. The van der Waals surface area contributed by atoms with Crippen LogP contribution in [-0.2, 0) is 6.54 Å². The fourth-order valence-corrected chi connectivity index (χ4v) is 5.75. The molecule has 3 heterocycles. The van der Waals surface area contributed by atoms with E-state index in [1.54, 1.807) is 18.0 Å². The lowest BCUT2D eigenvalue weighted by Gasteiger charge is -2.32. The van der Waals surface area contributed by atoms with Crippen LogP contribution < -0.4 is 15.0 Å². The summed E-state index contributed by atoms with van der Waals surface area (Å²) in [4.78, 5) is 25.6. The number of hydrogen-bond donors (Lipinski definition) is 1. The van der Waals surface area contributed by atoms with Crippen molar-refractivity contribution < 1.29 is 9.53 Å². The number of fused-ring (bicyclic) bond motifs is 1. The molecule has 0 unspecified atom stereocenters. The molecule has 2 aromatic heterocycles. The van der Waals surface area contributed by atoms with Crippen LogP contribution in [0.4, 0.5) is 11.5 Å². The molecule has 0 atom stereocenters. The van der Waals surface area contributed by atoms with Gasteiger partial charge in [0.2, 0.25) is 0 Å². The molecule has 0 bridgehead atoms. The van der Waals surface area contributed by atoms with Gasteiger partial charge >= 0.3 is 0 Å². The molecule has 39 heavy (non-hydrogen) atoms. The van der Waals surface area contributed by atoms with Crippen molar-refractivity contribution in [3.05, 3.63) is 95.4 Å². The number of ether oxygens (including phenoxy) is 1. The first-order chi connectivity index (χ1) is 19.1. The van der Waals surface area contributed by atoms with Gasteiger partial charge in [0.05, 0.1) is 18.8 Å². The van der Waals surface area contributed by atoms with Gasteiger partial charge in [0.1, 0.15) is 6.61 Å². The topological polar surface area (TPSA) is 67.4 Å². The normalized spacial score (nSPS) is 14.8. The second-order valence-corrected chi connectivity index (χ2v) is 11.0. The van der Waals surface area contributed by atoms with E-state index in [-0.39, 0.29) is 5.91 Å². The number of aryl methyl sites for hydroxylation is 1. The average Bonchev–Trinajstić information content (AvgIpc) is 2.95. The van der Waals surface area contributed by atoms with Crippen LogP contribution in [0.5, 0.6) is 5.75 Å². The summed E-state index contributed by atoms with van der Waals surface area (Å²) in [6, 6.07) is 22.6. The van der Waals surface area contributed by atoms with Crippen LogP contribution in [0.1, 0.15) is 52.5 Å². The van der Waals surface area contributed by atoms with E-state index in [0.717, 1.165) is 45.5 Å². The summed E-state index contributed by atoms with van der Waals surface area (Å²) in [6.07, 6.45) is 7.56. The first-order valence-electron chi connectivity index (χ1n) is 13.5. The average molecular weight is 537 g/mol. The first kappa shape index (κ1) is 25.4. The fraction of sp³-hybridized carbons (Fsp3) is 0.281. The highest BCUT2D eigenvalue weighted by molar-refractivity contribution is 7.98. The van der Waals surface area contributed by atoms with Crippen LogP contribution in [0.2, 0.25) is 0 Å². The molecule has 7 heteroatoms. The standard InChI is InChI=1S/C32H32N4O2S/c1-21-6-7-25(19-30(21)39-2)32(37)34-20-26-18-24(14-15-33-26)22-8-10-27(11-9-22)36-16-17-38-29-13-12-28(35-31(29)36)23-4-3-5-23/h6-15,18-19,23H,3-5,16-17,20H2,1-2H3,(H,34,37). The van der Waals surface area contributed by atoms with Crippen LogP contribution in [0, 0.1) is 6.92 Å². The number of anilines is 2. The number of thioether (sulfide) groups is 1. The number of rotatable bonds is 7. The molecule has 4 aromatic rings. The number of carbonyl (C=O) groups is 1. The summed E-state index contributed by atoms with van der Waals surface area (Å²) in [5, 5.41) is 3.01. The van der Waals surface area contributed by atoms with Gasteiger partial charge in [-0.2, -0.15) is 0 Å². The number of nitrogens with one attached hydrogen (secondary N) is 1. The molecule has 1 fully saturated rings. The van der Waals surface area contributed by atoms with E-state index in [4.69, 9.17) is 9.72 Å². The molecular weight excluding hydrogens is 504 g/mol. The molecule has 1 N–H and O–H groups in total. The van der Waals surface area contributed by atoms with E-state index in [2.05, 4.69) is 58.5 Å². The Bertz CT molecular complexity index is 1500. The van der Waals surface area contributed by atoms with Crippen LogP contribution >= 0.6 is 11.8 Å².